The van der Waals surface area contributed by atoms with Crippen molar-refractivity contribution in [2.24, 2.45) is 11.8 Å². The van der Waals surface area contributed by atoms with Crippen molar-refractivity contribution in [3.05, 3.63) is 72.1 Å². The molecule has 0 amide bonds. The molecule has 0 aliphatic heterocycles. The lowest BCUT2D eigenvalue weighted by Crippen LogP contribution is -2.17. The number of carbonyl (C=O) groups is 3. The second kappa shape index (κ2) is 14.6. The molecule has 2 fully saturated rings. The molecule has 8 heteroatoms. The molecule has 44 heavy (non-hydrogen) atoms. The molecule has 1 N–H and O–H groups in total. The smallest absolute Gasteiger partial charge is 0.418 e. The van der Waals surface area contributed by atoms with E-state index >= 15 is 0 Å². The summed E-state index contributed by atoms with van der Waals surface area (Å²) in [5, 5.41) is 2.04. The molecule has 0 saturated heterocycles. The van der Waals surface area contributed by atoms with Crippen LogP contribution in [0.5, 0.6) is 0 Å². The summed E-state index contributed by atoms with van der Waals surface area (Å²) in [6.45, 7) is 0. The third-order valence-electron chi connectivity index (χ3n) is 9.55. The van der Waals surface area contributed by atoms with E-state index in [2.05, 4.69) is 11.1 Å². The third-order valence-corrected chi connectivity index (χ3v) is 9.55. The number of fused-ring (bicyclic) bond motifs is 2. The van der Waals surface area contributed by atoms with E-state index in [1.54, 1.807) is 6.20 Å². The number of para-hydroxylation sites is 2. The van der Waals surface area contributed by atoms with Gasteiger partial charge in [0.05, 0.1) is 38.7 Å². The monoisotopic (exact) mass is 600 g/mol. The van der Waals surface area contributed by atoms with Gasteiger partial charge in [0.25, 0.3) is 0 Å². The molecule has 2 saturated carbocycles. The minimum Gasteiger partial charge on any atom is -0.469 e. The number of methoxy groups -OCH3 is 3. The Morgan fingerprint density at radius 3 is 1.82 bits per heavy atom. The fourth-order valence-corrected chi connectivity index (χ4v) is 7.26. The lowest BCUT2D eigenvalue weighted by atomic mass is 9.88. The zero-order valence-corrected chi connectivity index (χ0v) is 26.1. The van der Waals surface area contributed by atoms with Crippen molar-refractivity contribution in [2.75, 3.05) is 21.3 Å². The maximum Gasteiger partial charge on any atom is 0.418 e. The number of aromatic nitrogens is 2. The van der Waals surface area contributed by atoms with Crippen molar-refractivity contribution in [3.8, 4) is 0 Å². The molecule has 2 atom stereocenters. The van der Waals surface area contributed by atoms with Gasteiger partial charge in [0.15, 0.2) is 0 Å². The summed E-state index contributed by atoms with van der Waals surface area (Å²) < 4.78 is 16.4. The Labute approximate surface area is 259 Å². The van der Waals surface area contributed by atoms with Crippen LogP contribution in [0.3, 0.4) is 0 Å². The first kappa shape index (κ1) is 31.4. The topological polar surface area (TPSA) is 99.6 Å². The molecule has 0 radical (unpaired) electrons. The Bertz CT molecular complexity index is 1570. The molecule has 0 bridgehead atoms. The van der Waals surface area contributed by atoms with Crippen molar-refractivity contribution >= 4 is 39.8 Å². The minimum atomic E-state index is -0.457. The summed E-state index contributed by atoms with van der Waals surface area (Å²) in [5.74, 6) is 0.353. The Morgan fingerprint density at radius 2 is 1.25 bits per heavy atom. The third kappa shape index (κ3) is 6.85. The number of esters is 2. The molecule has 234 valence electrons. The molecular weight excluding hydrogens is 556 g/mol. The summed E-state index contributed by atoms with van der Waals surface area (Å²) in [5.41, 5.74) is 3.76. The van der Waals surface area contributed by atoms with Gasteiger partial charge in [-0.1, -0.05) is 87.8 Å². The van der Waals surface area contributed by atoms with Gasteiger partial charge in [-0.2, -0.15) is 0 Å². The van der Waals surface area contributed by atoms with Crippen LogP contribution < -0.4 is 0 Å². The zero-order valence-electron chi connectivity index (χ0n) is 26.1. The second-order valence-corrected chi connectivity index (χ2v) is 12.2. The quantitative estimate of drug-likeness (QED) is 0.162. The number of ether oxygens (including phenoxy) is 3. The summed E-state index contributed by atoms with van der Waals surface area (Å²) in [4.78, 5) is 40.0. The van der Waals surface area contributed by atoms with Gasteiger partial charge in [-0.05, 0) is 47.9 Å². The van der Waals surface area contributed by atoms with Crippen molar-refractivity contribution < 1.29 is 28.6 Å². The van der Waals surface area contributed by atoms with Gasteiger partial charge in [-0.3, -0.25) is 14.2 Å². The molecule has 4 aromatic rings. The Balaban J connectivity index is 0.000000177. The van der Waals surface area contributed by atoms with E-state index in [0.717, 1.165) is 58.6 Å². The van der Waals surface area contributed by atoms with Gasteiger partial charge < -0.3 is 19.2 Å². The summed E-state index contributed by atoms with van der Waals surface area (Å²) in [7, 11) is 4.26. The number of aromatic amines is 1. The summed E-state index contributed by atoms with van der Waals surface area (Å²) in [6, 6.07) is 15.7. The van der Waals surface area contributed by atoms with Crippen LogP contribution in [0.1, 0.15) is 87.2 Å². The van der Waals surface area contributed by atoms with Gasteiger partial charge in [-0.15, -0.1) is 0 Å². The van der Waals surface area contributed by atoms with E-state index in [1.165, 1.54) is 64.4 Å². The van der Waals surface area contributed by atoms with Crippen LogP contribution in [0.2, 0.25) is 0 Å². The van der Waals surface area contributed by atoms with Crippen molar-refractivity contribution in [1.82, 2.24) is 9.55 Å². The summed E-state index contributed by atoms with van der Waals surface area (Å²) >= 11 is 0. The van der Waals surface area contributed by atoms with Gasteiger partial charge >= 0.3 is 18.0 Å². The number of hydrogen-bond donors (Lipinski definition) is 1. The van der Waals surface area contributed by atoms with Crippen molar-refractivity contribution in [1.29, 1.82) is 0 Å². The largest absolute Gasteiger partial charge is 0.469 e. The first-order chi connectivity index (χ1) is 21.4. The number of H-pyrrole nitrogens is 1. The van der Waals surface area contributed by atoms with Crippen molar-refractivity contribution in [2.45, 2.75) is 76.0 Å². The molecule has 8 nitrogen and oxygen atoms in total. The molecular formula is C36H44N2O6. The average Bonchev–Trinajstić information content (AvgIpc) is 3.89. The first-order valence-electron chi connectivity index (χ1n) is 15.8. The van der Waals surface area contributed by atoms with E-state index in [0.29, 0.717) is 11.8 Å². The van der Waals surface area contributed by atoms with Crippen LogP contribution in [-0.4, -0.2) is 48.9 Å². The van der Waals surface area contributed by atoms with E-state index in [-0.39, 0.29) is 23.8 Å². The molecule has 2 heterocycles. The highest BCUT2D eigenvalue weighted by Crippen LogP contribution is 2.39. The first-order valence-corrected chi connectivity index (χ1v) is 15.8. The fourth-order valence-electron chi connectivity index (χ4n) is 7.26. The molecule has 6 rings (SSSR count). The fraction of sp³-hybridized carbons (Fsp3) is 0.472. The van der Waals surface area contributed by atoms with Gasteiger partial charge in [-0.25, -0.2) is 4.79 Å². The number of benzene rings is 2. The molecule has 2 aliphatic rings. The second-order valence-electron chi connectivity index (χ2n) is 12.2. The van der Waals surface area contributed by atoms with Gasteiger partial charge in [0, 0.05) is 28.7 Å². The van der Waals surface area contributed by atoms with Crippen LogP contribution in [0.15, 0.2) is 60.9 Å². The molecule has 2 aromatic carbocycles. The lowest BCUT2D eigenvalue weighted by Gasteiger charge is -2.18. The van der Waals surface area contributed by atoms with Crippen LogP contribution >= 0.6 is 0 Å². The number of rotatable bonds is 8. The van der Waals surface area contributed by atoms with Crippen LogP contribution in [0.25, 0.3) is 21.8 Å². The van der Waals surface area contributed by atoms with E-state index in [9.17, 15) is 14.4 Å². The number of nitrogens with one attached hydrogen (secondary N) is 1. The number of nitrogens with zero attached hydrogens (tertiary/aromatic N) is 1. The molecule has 2 unspecified atom stereocenters. The standard InChI is InChI=1S/C19H23NO4.C17H21NO2/c1-23-18(21)15(11-13-7-3-4-8-13)16-12-20(19(22)24-2)17-10-6-5-9-14(16)17;1-20-17(19)14(10-12-6-2-3-7-12)15-11-18-16-9-5-4-8-13(15)16/h5-6,9-10,12-13,15H,3-4,7-8,11H2,1-2H3;4-5,8-9,11-12,14,18H,2-3,6-7,10H2,1H3. The molecule has 0 spiro atoms. The highest BCUT2D eigenvalue weighted by atomic mass is 16.5. The van der Waals surface area contributed by atoms with Crippen LogP contribution in [0.4, 0.5) is 4.79 Å². The lowest BCUT2D eigenvalue weighted by molar-refractivity contribution is -0.143. The predicted molar refractivity (Wildman–Crippen MR) is 171 cm³/mol. The Hall–Kier alpha value is -4.07. The highest BCUT2D eigenvalue weighted by molar-refractivity contribution is 5.95. The Morgan fingerprint density at radius 1 is 0.727 bits per heavy atom. The van der Waals surface area contributed by atoms with Crippen LogP contribution in [-0.2, 0) is 23.8 Å². The SMILES string of the molecule is COC(=O)C(CC1CCCC1)c1c[nH]c2ccccc12.COC(=O)C(CC1CCCC1)c1cn(C(=O)OC)c2ccccc12. The van der Waals surface area contributed by atoms with Crippen LogP contribution in [0, 0.1) is 11.8 Å². The normalized spacial score (nSPS) is 16.8. The zero-order chi connectivity index (χ0) is 31.1. The molecule has 2 aliphatic carbocycles. The highest BCUT2D eigenvalue weighted by Gasteiger charge is 2.31. The average molecular weight is 601 g/mol. The maximum atomic E-state index is 12.4. The number of hydrogen-bond acceptors (Lipinski definition) is 6. The summed E-state index contributed by atoms with van der Waals surface area (Å²) in [6.07, 6.45) is 14.8. The number of carbonyl (C=O) groups excluding carboxylic acids is 3. The van der Waals surface area contributed by atoms with E-state index in [4.69, 9.17) is 14.2 Å². The predicted octanol–water partition coefficient (Wildman–Crippen LogP) is 8.10. The van der Waals surface area contributed by atoms with E-state index in [1.807, 2.05) is 48.7 Å². The molecule has 2 aromatic heterocycles. The van der Waals surface area contributed by atoms with Crippen molar-refractivity contribution in [3.63, 3.8) is 0 Å². The Kier molecular flexibility index (Phi) is 10.4. The van der Waals surface area contributed by atoms with Gasteiger partial charge in [0.1, 0.15) is 0 Å². The van der Waals surface area contributed by atoms with E-state index < -0.39 is 6.09 Å². The minimum absolute atomic E-state index is 0.110. The van der Waals surface area contributed by atoms with Gasteiger partial charge in [0.2, 0.25) is 0 Å². The maximum absolute atomic E-state index is 12.4.